The topological polar surface area (TPSA) is 50.9 Å². The summed E-state index contributed by atoms with van der Waals surface area (Å²) in [7, 11) is 0. The molecule has 0 radical (unpaired) electrons. The normalized spacial score (nSPS) is 18.6. The van der Waals surface area contributed by atoms with Gasteiger partial charge in [-0.3, -0.25) is 9.67 Å². The van der Waals surface area contributed by atoms with Gasteiger partial charge in [0.15, 0.2) is 0 Å². The Labute approximate surface area is 117 Å². The van der Waals surface area contributed by atoms with Gasteiger partial charge in [-0.2, -0.15) is 5.10 Å². The van der Waals surface area contributed by atoms with Crippen LogP contribution in [0.4, 0.5) is 0 Å². The number of rotatable bonds is 4. The van der Waals surface area contributed by atoms with Gasteiger partial charge in [0.1, 0.15) is 0 Å². The van der Waals surface area contributed by atoms with Gasteiger partial charge in [-0.1, -0.05) is 19.3 Å². The van der Waals surface area contributed by atoms with Crippen LogP contribution in [0.5, 0.6) is 0 Å². The monoisotopic (exact) mass is 277 g/mol. The molecule has 1 atom stereocenters. The van der Waals surface area contributed by atoms with E-state index in [1.807, 2.05) is 6.07 Å². The molecule has 4 nitrogen and oxygen atoms in total. The predicted molar refractivity (Wildman–Crippen MR) is 75.1 cm³/mol. The van der Waals surface area contributed by atoms with Gasteiger partial charge >= 0.3 is 0 Å². The van der Waals surface area contributed by atoms with Gasteiger partial charge in [-0.25, -0.2) is 0 Å². The molecular weight excluding hydrogens is 258 g/mol. The van der Waals surface area contributed by atoms with Crippen LogP contribution in [0.15, 0.2) is 24.0 Å². The molecule has 0 bridgehead atoms. The maximum Gasteiger partial charge on any atom is 0.0953 e. The molecule has 2 aromatic heterocycles. The third kappa shape index (κ3) is 3.04. The molecule has 102 valence electrons. The standard InChI is InChI=1S/C14H19N3OS/c18-13(14-9-15-10-19-14)8-11-6-7-17(16-11)12-4-2-1-3-5-12/h6-7,9-10,12-13,18H,1-5,8H2. The Morgan fingerprint density at radius 1 is 1.37 bits per heavy atom. The van der Waals surface area contributed by atoms with E-state index in [9.17, 15) is 5.11 Å². The van der Waals surface area contributed by atoms with Crippen molar-refractivity contribution in [2.24, 2.45) is 0 Å². The molecule has 1 aliphatic rings. The van der Waals surface area contributed by atoms with E-state index in [1.54, 1.807) is 11.7 Å². The van der Waals surface area contributed by atoms with Crippen LogP contribution in [0.1, 0.15) is 54.8 Å². The molecule has 1 fully saturated rings. The first-order chi connectivity index (χ1) is 9.33. The van der Waals surface area contributed by atoms with Gasteiger partial charge in [-0.05, 0) is 18.9 Å². The van der Waals surface area contributed by atoms with Crippen LogP contribution < -0.4 is 0 Å². The first-order valence-electron chi connectivity index (χ1n) is 6.93. The van der Waals surface area contributed by atoms with Crippen molar-refractivity contribution in [2.45, 2.75) is 50.7 Å². The van der Waals surface area contributed by atoms with Crippen molar-refractivity contribution in [1.82, 2.24) is 14.8 Å². The van der Waals surface area contributed by atoms with E-state index in [0.29, 0.717) is 12.5 Å². The number of hydrogen-bond acceptors (Lipinski definition) is 4. The average Bonchev–Trinajstić information content (AvgIpc) is 3.11. The molecule has 2 aromatic rings. The Morgan fingerprint density at radius 3 is 2.95 bits per heavy atom. The zero-order valence-electron chi connectivity index (χ0n) is 10.9. The Balaban J connectivity index is 1.64. The van der Waals surface area contributed by atoms with Crippen molar-refractivity contribution < 1.29 is 5.11 Å². The number of aliphatic hydroxyl groups is 1. The van der Waals surface area contributed by atoms with Gasteiger partial charge in [0.2, 0.25) is 0 Å². The summed E-state index contributed by atoms with van der Waals surface area (Å²) >= 11 is 1.49. The first-order valence-corrected chi connectivity index (χ1v) is 7.81. The zero-order chi connectivity index (χ0) is 13.1. The summed E-state index contributed by atoms with van der Waals surface area (Å²) in [5.41, 5.74) is 2.71. The van der Waals surface area contributed by atoms with Crippen molar-refractivity contribution in [2.75, 3.05) is 0 Å². The number of hydrogen-bond donors (Lipinski definition) is 1. The summed E-state index contributed by atoms with van der Waals surface area (Å²) in [6.45, 7) is 0. The van der Waals surface area contributed by atoms with Gasteiger partial charge in [-0.15, -0.1) is 11.3 Å². The Bertz CT molecular complexity index is 503. The maximum atomic E-state index is 10.1. The lowest BCUT2D eigenvalue weighted by Crippen LogP contribution is -2.13. The van der Waals surface area contributed by atoms with E-state index in [1.165, 1.54) is 43.4 Å². The summed E-state index contributed by atoms with van der Waals surface area (Å²) < 4.78 is 2.09. The van der Waals surface area contributed by atoms with E-state index in [-0.39, 0.29) is 0 Å². The maximum absolute atomic E-state index is 10.1. The fraction of sp³-hybridized carbons (Fsp3) is 0.571. The lowest BCUT2D eigenvalue weighted by molar-refractivity contribution is 0.180. The minimum atomic E-state index is -0.484. The molecule has 19 heavy (non-hydrogen) atoms. The highest BCUT2D eigenvalue weighted by atomic mass is 32.1. The number of thiazole rings is 1. The molecule has 5 heteroatoms. The second-order valence-corrected chi connectivity index (χ2v) is 6.12. The van der Waals surface area contributed by atoms with E-state index in [2.05, 4.69) is 21.0 Å². The van der Waals surface area contributed by atoms with Gasteiger partial charge < -0.3 is 5.11 Å². The molecular formula is C14H19N3OS. The summed E-state index contributed by atoms with van der Waals surface area (Å²) in [6.07, 6.45) is 10.3. The van der Waals surface area contributed by atoms with E-state index in [0.717, 1.165) is 10.6 Å². The summed E-state index contributed by atoms with van der Waals surface area (Å²) in [5.74, 6) is 0. The van der Waals surface area contributed by atoms with Gasteiger partial charge in [0.05, 0.1) is 28.2 Å². The Kier molecular flexibility index (Phi) is 3.94. The largest absolute Gasteiger partial charge is 0.387 e. The fourth-order valence-electron chi connectivity index (χ4n) is 2.72. The van der Waals surface area contributed by atoms with E-state index in [4.69, 9.17) is 0 Å². The minimum absolute atomic E-state index is 0.484. The minimum Gasteiger partial charge on any atom is -0.387 e. The van der Waals surface area contributed by atoms with Crippen LogP contribution in [0.2, 0.25) is 0 Å². The molecule has 1 aliphatic carbocycles. The highest BCUT2D eigenvalue weighted by Gasteiger charge is 2.17. The van der Waals surface area contributed by atoms with Crippen molar-refractivity contribution >= 4 is 11.3 Å². The average molecular weight is 277 g/mol. The van der Waals surface area contributed by atoms with Crippen molar-refractivity contribution in [3.05, 3.63) is 34.5 Å². The van der Waals surface area contributed by atoms with Crippen LogP contribution in [0.25, 0.3) is 0 Å². The molecule has 0 aromatic carbocycles. The van der Waals surface area contributed by atoms with Crippen molar-refractivity contribution in [3.8, 4) is 0 Å². The Hall–Kier alpha value is -1.20. The zero-order valence-corrected chi connectivity index (χ0v) is 11.7. The van der Waals surface area contributed by atoms with Gasteiger partial charge in [0, 0.05) is 18.8 Å². The molecule has 1 N–H and O–H groups in total. The second-order valence-electron chi connectivity index (χ2n) is 5.20. The SMILES string of the molecule is OC(Cc1ccn(C2CCCCC2)n1)c1cncs1. The second kappa shape index (κ2) is 5.84. The smallest absolute Gasteiger partial charge is 0.0953 e. The molecule has 1 saturated carbocycles. The quantitative estimate of drug-likeness (QED) is 0.934. The molecule has 0 spiro atoms. The first kappa shape index (κ1) is 12.8. The van der Waals surface area contributed by atoms with E-state index < -0.39 is 6.10 Å². The van der Waals surface area contributed by atoms with Crippen LogP contribution in [-0.2, 0) is 6.42 Å². The molecule has 1 unspecified atom stereocenters. The van der Waals surface area contributed by atoms with Gasteiger partial charge in [0.25, 0.3) is 0 Å². The fourth-order valence-corrected chi connectivity index (χ4v) is 3.33. The highest BCUT2D eigenvalue weighted by Crippen LogP contribution is 2.28. The van der Waals surface area contributed by atoms with Crippen molar-refractivity contribution in [1.29, 1.82) is 0 Å². The predicted octanol–water partition coefficient (Wildman–Crippen LogP) is 3.12. The number of aromatic nitrogens is 3. The van der Waals surface area contributed by atoms with Crippen LogP contribution in [-0.4, -0.2) is 19.9 Å². The Morgan fingerprint density at radius 2 is 2.21 bits per heavy atom. The lowest BCUT2D eigenvalue weighted by atomic mass is 9.96. The third-order valence-corrected chi connectivity index (χ3v) is 4.67. The number of nitrogens with zero attached hydrogens (tertiary/aromatic N) is 3. The molecule has 0 aliphatic heterocycles. The van der Waals surface area contributed by atoms with Crippen LogP contribution in [0, 0.1) is 0 Å². The van der Waals surface area contributed by atoms with Crippen LogP contribution in [0.3, 0.4) is 0 Å². The lowest BCUT2D eigenvalue weighted by Gasteiger charge is -2.21. The van der Waals surface area contributed by atoms with Crippen LogP contribution >= 0.6 is 11.3 Å². The highest BCUT2D eigenvalue weighted by molar-refractivity contribution is 7.09. The third-order valence-electron chi connectivity index (χ3n) is 3.79. The molecule has 0 amide bonds. The summed E-state index contributed by atoms with van der Waals surface area (Å²) in [6, 6.07) is 2.59. The molecule has 0 saturated heterocycles. The van der Waals surface area contributed by atoms with Crippen molar-refractivity contribution in [3.63, 3.8) is 0 Å². The molecule has 2 heterocycles. The summed E-state index contributed by atoms with van der Waals surface area (Å²) in [5, 5.41) is 14.7. The summed E-state index contributed by atoms with van der Waals surface area (Å²) in [4.78, 5) is 4.91. The molecule has 3 rings (SSSR count). The number of aliphatic hydroxyl groups excluding tert-OH is 1. The van der Waals surface area contributed by atoms with E-state index >= 15 is 0 Å².